The lowest BCUT2D eigenvalue weighted by molar-refractivity contribution is 0.0781. The summed E-state index contributed by atoms with van der Waals surface area (Å²) in [7, 11) is 0. The van der Waals surface area contributed by atoms with Crippen LogP contribution in [0, 0.1) is 5.92 Å². The number of nitrogens with zero attached hydrogens (tertiary/aromatic N) is 3. The lowest BCUT2D eigenvalue weighted by Gasteiger charge is -2.34. The SMILES string of the molecule is O=C(c1ccncc1)N1C[C@H](CN2CCC(c3ccccc3)CC2)[C@@H](c2ccccc2)C1. The molecule has 164 valence electrons. The summed E-state index contributed by atoms with van der Waals surface area (Å²) in [4.78, 5) is 21.9. The van der Waals surface area contributed by atoms with E-state index in [1.165, 1.54) is 24.0 Å². The molecule has 0 bridgehead atoms. The minimum Gasteiger partial charge on any atom is -0.338 e. The average Bonchev–Trinajstić information content (AvgIpc) is 3.29. The van der Waals surface area contributed by atoms with Crippen molar-refractivity contribution in [1.29, 1.82) is 0 Å². The first-order valence-corrected chi connectivity index (χ1v) is 11.8. The molecule has 0 radical (unpaired) electrons. The topological polar surface area (TPSA) is 36.4 Å². The van der Waals surface area contributed by atoms with Crippen molar-refractivity contribution < 1.29 is 4.79 Å². The molecule has 1 aromatic heterocycles. The maximum atomic E-state index is 13.1. The van der Waals surface area contributed by atoms with Gasteiger partial charge in [0.15, 0.2) is 0 Å². The fourth-order valence-corrected chi connectivity index (χ4v) is 5.48. The van der Waals surface area contributed by atoms with E-state index in [9.17, 15) is 4.79 Å². The van der Waals surface area contributed by atoms with E-state index < -0.39 is 0 Å². The average molecular weight is 426 g/mol. The van der Waals surface area contributed by atoms with E-state index in [0.717, 1.165) is 38.3 Å². The third kappa shape index (κ3) is 4.61. The van der Waals surface area contributed by atoms with Gasteiger partial charge in [-0.3, -0.25) is 9.78 Å². The maximum Gasteiger partial charge on any atom is 0.253 e. The lowest BCUT2D eigenvalue weighted by atomic mass is 9.86. The number of carbonyl (C=O) groups is 1. The van der Waals surface area contributed by atoms with Crippen LogP contribution in [0.1, 0.15) is 46.2 Å². The number of benzene rings is 2. The van der Waals surface area contributed by atoms with Crippen LogP contribution in [-0.4, -0.2) is 53.4 Å². The molecule has 32 heavy (non-hydrogen) atoms. The van der Waals surface area contributed by atoms with E-state index in [1.807, 2.05) is 17.0 Å². The van der Waals surface area contributed by atoms with Gasteiger partial charge in [0.1, 0.15) is 0 Å². The highest BCUT2D eigenvalue weighted by Gasteiger charge is 2.37. The molecule has 2 fully saturated rings. The molecule has 3 heterocycles. The van der Waals surface area contributed by atoms with Gasteiger partial charge >= 0.3 is 0 Å². The zero-order valence-corrected chi connectivity index (χ0v) is 18.5. The van der Waals surface area contributed by atoms with Crippen molar-refractivity contribution in [2.24, 2.45) is 5.92 Å². The number of hydrogen-bond acceptors (Lipinski definition) is 3. The summed E-state index contributed by atoms with van der Waals surface area (Å²) in [5.41, 5.74) is 3.56. The predicted molar refractivity (Wildman–Crippen MR) is 128 cm³/mol. The molecular weight excluding hydrogens is 394 g/mol. The van der Waals surface area contributed by atoms with Crippen molar-refractivity contribution in [3.05, 3.63) is 102 Å². The Balaban J connectivity index is 1.27. The largest absolute Gasteiger partial charge is 0.338 e. The van der Waals surface area contributed by atoms with E-state index in [4.69, 9.17) is 0 Å². The summed E-state index contributed by atoms with van der Waals surface area (Å²) in [6, 6.07) is 25.3. The second kappa shape index (κ2) is 9.66. The van der Waals surface area contributed by atoms with Gasteiger partial charge < -0.3 is 9.80 Å². The first-order chi connectivity index (χ1) is 15.8. The highest BCUT2D eigenvalue weighted by Crippen LogP contribution is 2.35. The fraction of sp³-hybridized carbons (Fsp3) is 0.357. The van der Waals surface area contributed by atoms with E-state index in [2.05, 4.69) is 70.5 Å². The summed E-state index contributed by atoms with van der Waals surface area (Å²) in [5.74, 6) is 1.63. The zero-order valence-electron chi connectivity index (χ0n) is 18.5. The highest BCUT2D eigenvalue weighted by atomic mass is 16.2. The molecule has 2 aliphatic heterocycles. The van der Waals surface area contributed by atoms with E-state index in [1.54, 1.807) is 12.4 Å². The van der Waals surface area contributed by atoms with Gasteiger partial charge in [-0.25, -0.2) is 0 Å². The Hall–Kier alpha value is -2.98. The van der Waals surface area contributed by atoms with Crippen molar-refractivity contribution in [3.8, 4) is 0 Å². The molecule has 0 aliphatic carbocycles. The molecule has 1 amide bonds. The van der Waals surface area contributed by atoms with Gasteiger partial charge in [-0.1, -0.05) is 60.7 Å². The molecule has 2 aromatic carbocycles. The summed E-state index contributed by atoms with van der Waals surface area (Å²) >= 11 is 0. The number of amides is 1. The Morgan fingerprint density at radius 1 is 0.812 bits per heavy atom. The Kier molecular flexibility index (Phi) is 6.31. The van der Waals surface area contributed by atoms with Gasteiger partial charge in [-0.05, 0) is 61.0 Å². The van der Waals surface area contributed by atoms with Crippen LogP contribution in [0.4, 0.5) is 0 Å². The minimum atomic E-state index is 0.124. The molecule has 5 rings (SSSR count). The third-order valence-corrected chi connectivity index (χ3v) is 7.23. The number of likely N-dealkylation sites (tertiary alicyclic amines) is 2. The first kappa shape index (κ1) is 20.9. The standard InChI is InChI=1S/C28H31N3O/c32-28(25-11-15-29-16-12-25)31-20-26(27(21-31)24-9-5-2-6-10-24)19-30-17-13-23(14-18-30)22-7-3-1-4-8-22/h1-12,15-16,23,26-27H,13-14,17-21H2/t26-,27+/m0/s1. The Bertz CT molecular complexity index is 1000. The van der Waals surface area contributed by atoms with Crippen LogP contribution in [0.25, 0.3) is 0 Å². The molecule has 3 aromatic rings. The smallest absolute Gasteiger partial charge is 0.253 e. The van der Waals surface area contributed by atoms with E-state index in [0.29, 0.717) is 17.8 Å². The van der Waals surface area contributed by atoms with Crippen molar-refractivity contribution in [3.63, 3.8) is 0 Å². The van der Waals surface area contributed by atoms with Crippen LogP contribution in [-0.2, 0) is 0 Å². The summed E-state index contributed by atoms with van der Waals surface area (Å²) in [5, 5.41) is 0. The normalized spacial score (nSPS) is 22.2. The third-order valence-electron chi connectivity index (χ3n) is 7.23. The lowest BCUT2D eigenvalue weighted by Crippen LogP contribution is -2.38. The number of hydrogen-bond donors (Lipinski definition) is 0. The Morgan fingerprint density at radius 2 is 1.44 bits per heavy atom. The number of rotatable bonds is 5. The van der Waals surface area contributed by atoms with Crippen molar-refractivity contribution in [2.45, 2.75) is 24.7 Å². The van der Waals surface area contributed by atoms with Crippen LogP contribution in [0.15, 0.2) is 85.2 Å². The van der Waals surface area contributed by atoms with Gasteiger partial charge in [-0.2, -0.15) is 0 Å². The van der Waals surface area contributed by atoms with E-state index in [-0.39, 0.29) is 5.91 Å². The highest BCUT2D eigenvalue weighted by molar-refractivity contribution is 5.94. The summed E-state index contributed by atoms with van der Waals surface area (Å²) in [6.07, 6.45) is 5.83. The maximum absolute atomic E-state index is 13.1. The molecule has 0 N–H and O–H groups in total. The van der Waals surface area contributed by atoms with Crippen LogP contribution in [0.5, 0.6) is 0 Å². The van der Waals surface area contributed by atoms with Crippen molar-refractivity contribution >= 4 is 5.91 Å². The number of carbonyl (C=O) groups excluding carboxylic acids is 1. The molecule has 2 saturated heterocycles. The van der Waals surface area contributed by atoms with Crippen LogP contribution >= 0.6 is 0 Å². The fourth-order valence-electron chi connectivity index (χ4n) is 5.48. The monoisotopic (exact) mass is 425 g/mol. The molecule has 4 nitrogen and oxygen atoms in total. The molecule has 2 atom stereocenters. The van der Waals surface area contributed by atoms with E-state index >= 15 is 0 Å². The molecule has 0 saturated carbocycles. The second-order valence-electron chi connectivity index (χ2n) is 9.21. The minimum absolute atomic E-state index is 0.124. The Labute approximate surface area is 190 Å². The van der Waals surface area contributed by atoms with Crippen molar-refractivity contribution in [1.82, 2.24) is 14.8 Å². The Morgan fingerprint density at radius 3 is 2.09 bits per heavy atom. The van der Waals surface area contributed by atoms with Gasteiger partial charge in [0.05, 0.1) is 0 Å². The number of aromatic nitrogens is 1. The summed E-state index contributed by atoms with van der Waals surface area (Å²) in [6.45, 7) is 4.93. The molecule has 4 heteroatoms. The molecule has 0 unspecified atom stereocenters. The van der Waals surface area contributed by atoms with Crippen LogP contribution < -0.4 is 0 Å². The number of piperidine rings is 1. The molecular formula is C28H31N3O. The van der Waals surface area contributed by atoms with Crippen LogP contribution in [0.3, 0.4) is 0 Å². The first-order valence-electron chi connectivity index (χ1n) is 11.8. The quantitative estimate of drug-likeness (QED) is 0.588. The summed E-state index contributed by atoms with van der Waals surface area (Å²) < 4.78 is 0. The second-order valence-corrected chi connectivity index (χ2v) is 9.21. The van der Waals surface area contributed by atoms with Crippen LogP contribution in [0.2, 0.25) is 0 Å². The van der Waals surface area contributed by atoms with Gasteiger partial charge in [0.25, 0.3) is 5.91 Å². The van der Waals surface area contributed by atoms with Gasteiger partial charge in [-0.15, -0.1) is 0 Å². The van der Waals surface area contributed by atoms with Crippen molar-refractivity contribution in [2.75, 3.05) is 32.7 Å². The number of pyridine rings is 1. The predicted octanol–water partition coefficient (Wildman–Crippen LogP) is 4.82. The zero-order chi connectivity index (χ0) is 21.8. The molecule has 2 aliphatic rings. The van der Waals surface area contributed by atoms with Gasteiger partial charge in [0.2, 0.25) is 0 Å². The molecule has 0 spiro atoms. The van der Waals surface area contributed by atoms with Gasteiger partial charge in [0, 0.05) is 43.5 Å².